The minimum atomic E-state index is -0.246. The maximum atomic E-state index is 12.6. The average molecular weight is 284 g/mol. The van der Waals surface area contributed by atoms with Gasteiger partial charge in [-0.1, -0.05) is 12.5 Å². The lowest BCUT2D eigenvalue weighted by molar-refractivity contribution is -0.136. The molecule has 5 rings (SSSR count). The second-order valence-corrected chi connectivity index (χ2v) is 7.14. The van der Waals surface area contributed by atoms with Gasteiger partial charge in [-0.3, -0.25) is 4.79 Å². The molecule has 1 aliphatic heterocycles. The standard InChI is InChI=1S/C18H20O3/c1-20-14-7-4-11-9-10-3-2-8-18-12(10)5-6-13(19)17(18)21-16(14)15(11)18/h4,7,10,12,17H,2-3,5-6,8-9H2,1H3/t10-,12?,17?,18?/m1/s1. The lowest BCUT2D eigenvalue weighted by Gasteiger charge is -2.54. The third kappa shape index (κ3) is 1.25. The van der Waals surface area contributed by atoms with E-state index in [1.165, 1.54) is 24.0 Å². The summed E-state index contributed by atoms with van der Waals surface area (Å²) in [5.41, 5.74) is 2.71. The average Bonchev–Trinajstić information content (AvgIpc) is 2.83. The van der Waals surface area contributed by atoms with Crippen LogP contribution in [0.4, 0.5) is 0 Å². The molecule has 1 aromatic rings. The third-order valence-electron chi connectivity index (χ3n) is 6.47. The van der Waals surface area contributed by atoms with Crippen molar-refractivity contribution in [2.24, 2.45) is 11.8 Å². The Morgan fingerprint density at radius 2 is 2.24 bits per heavy atom. The Labute approximate surface area is 124 Å². The highest BCUT2D eigenvalue weighted by Crippen LogP contribution is 2.65. The first-order valence-electron chi connectivity index (χ1n) is 8.15. The molecule has 3 heteroatoms. The number of ether oxygens (including phenoxy) is 2. The Morgan fingerprint density at radius 1 is 1.33 bits per heavy atom. The van der Waals surface area contributed by atoms with Crippen LogP contribution in [0.3, 0.4) is 0 Å². The Kier molecular flexibility index (Phi) is 2.20. The van der Waals surface area contributed by atoms with Gasteiger partial charge < -0.3 is 9.47 Å². The highest BCUT2D eigenvalue weighted by Gasteiger charge is 2.64. The number of hydrogen-bond acceptors (Lipinski definition) is 3. The summed E-state index contributed by atoms with van der Waals surface area (Å²) in [6.07, 6.45) is 6.31. The van der Waals surface area contributed by atoms with E-state index in [1.807, 2.05) is 6.07 Å². The van der Waals surface area contributed by atoms with Gasteiger partial charge in [-0.05, 0) is 49.1 Å². The second-order valence-electron chi connectivity index (χ2n) is 7.14. The van der Waals surface area contributed by atoms with Crippen molar-refractivity contribution in [3.8, 4) is 11.5 Å². The van der Waals surface area contributed by atoms with Crippen LogP contribution in [0.5, 0.6) is 11.5 Å². The lowest BCUT2D eigenvalue weighted by Crippen LogP contribution is -2.58. The fourth-order valence-corrected chi connectivity index (χ4v) is 5.82. The summed E-state index contributed by atoms with van der Waals surface area (Å²) >= 11 is 0. The van der Waals surface area contributed by atoms with Gasteiger partial charge in [-0.2, -0.15) is 0 Å². The first-order valence-corrected chi connectivity index (χ1v) is 8.15. The van der Waals surface area contributed by atoms with Gasteiger partial charge in [0.05, 0.1) is 7.11 Å². The predicted octanol–water partition coefficient (Wildman–Crippen LogP) is 3.03. The summed E-state index contributed by atoms with van der Waals surface area (Å²) in [6, 6.07) is 4.22. The topological polar surface area (TPSA) is 35.5 Å². The second kappa shape index (κ2) is 3.82. The Hall–Kier alpha value is -1.51. The summed E-state index contributed by atoms with van der Waals surface area (Å²) in [4.78, 5) is 12.6. The fraction of sp³-hybridized carbons (Fsp3) is 0.611. The minimum absolute atomic E-state index is 0.0320. The number of ketones is 1. The van der Waals surface area contributed by atoms with Gasteiger partial charge in [0.1, 0.15) is 0 Å². The molecule has 1 aromatic carbocycles. The van der Waals surface area contributed by atoms with Gasteiger partial charge in [-0.25, -0.2) is 0 Å². The van der Waals surface area contributed by atoms with E-state index in [2.05, 4.69) is 6.07 Å². The van der Waals surface area contributed by atoms with Crippen LogP contribution in [0.25, 0.3) is 0 Å². The van der Waals surface area contributed by atoms with Gasteiger partial charge in [0.15, 0.2) is 23.4 Å². The van der Waals surface area contributed by atoms with Gasteiger partial charge >= 0.3 is 0 Å². The molecule has 0 radical (unpaired) electrons. The Bertz CT molecular complexity index is 650. The normalized spacial score (nSPS) is 38.7. The van der Waals surface area contributed by atoms with Crippen LogP contribution < -0.4 is 9.47 Å². The highest BCUT2D eigenvalue weighted by atomic mass is 16.5. The van der Waals surface area contributed by atoms with Gasteiger partial charge in [0, 0.05) is 17.4 Å². The monoisotopic (exact) mass is 284 g/mol. The maximum absolute atomic E-state index is 12.6. The molecule has 3 nitrogen and oxygen atoms in total. The molecular weight excluding hydrogens is 264 g/mol. The predicted molar refractivity (Wildman–Crippen MR) is 77.9 cm³/mol. The third-order valence-corrected chi connectivity index (χ3v) is 6.47. The zero-order valence-corrected chi connectivity index (χ0v) is 12.4. The summed E-state index contributed by atoms with van der Waals surface area (Å²) < 4.78 is 11.7. The summed E-state index contributed by atoms with van der Waals surface area (Å²) in [5, 5.41) is 0. The van der Waals surface area contributed by atoms with Crippen LogP contribution in [-0.4, -0.2) is 19.0 Å². The number of hydrogen-bond donors (Lipinski definition) is 0. The number of Topliss-reactive ketones (excluding diaryl/α,β-unsaturated/α-hetero) is 1. The maximum Gasteiger partial charge on any atom is 0.174 e. The molecule has 4 atom stereocenters. The molecular formula is C18H20O3. The summed E-state index contributed by atoms with van der Waals surface area (Å²) in [5.74, 6) is 3.35. The quantitative estimate of drug-likeness (QED) is 0.795. The number of carbonyl (C=O) groups excluding carboxylic acids is 1. The molecule has 0 amide bonds. The molecule has 0 N–H and O–H groups in total. The zero-order chi connectivity index (χ0) is 14.2. The molecule has 1 heterocycles. The van der Waals surface area contributed by atoms with Crippen molar-refractivity contribution >= 4 is 5.78 Å². The van der Waals surface area contributed by atoms with Crippen LogP contribution >= 0.6 is 0 Å². The van der Waals surface area contributed by atoms with E-state index in [1.54, 1.807) is 7.11 Å². The van der Waals surface area contributed by atoms with Gasteiger partial charge in [0.25, 0.3) is 0 Å². The molecule has 4 aliphatic rings. The van der Waals surface area contributed by atoms with E-state index in [0.29, 0.717) is 18.1 Å². The molecule has 110 valence electrons. The molecule has 2 fully saturated rings. The van der Waals surface area contributed by atoms with Gasteiger partial charge in [0.2, 0.25) is 0 Å². The van der Waals surface area contributed by atoms with E-state index in [-0.39, 0.29) is 11.5 Å². The SMILES string of the molecule is COc1ccc2c3c1OC1C(=O)CCC4[C@H](CCCC314)C2. The van der Waals surface area contributed by atoms with E-state index >= 15 is 0 Å². The van der Waals surface area contributed by atoms with Crippen molar-refractivity contribution in [3.05, 3.63) is 23.3 Å². The largest absolute Gasteiger partial charge is 0.493 e. The van der Waals surface area contributed by atoms with Crippen LogP contribution in [0, 0.1) is 11.8 Å². The number of rotatable bonds is 1. The van der Waals surface area contributed by atoms with Crippen LogP contribution in [0.15, 0.2) is 12.1 Å². The van der Waals surface area contributed by atoms with Crippen molar-refractivity contribution in [2.75, 3.05) is 7.11 Å². The molecule has 0 aromatic heterocycles. The van der Waals surface area contributed by atoms with Crippen molar-refractivity contribution in [3.63, 3.8) is 0 Å². The van der Waals surface area contributed by atoms with Crippen molar-refractivity contribution in [2.45, 2.75) is 50.0 Å². The smallest absolute Gasteiger partial charge is 0.174 e. The van der Waals surface area contributed by atoms with Gasteiger partial charge in [-0.15, -0.1) is 0 Å². The molecule has 3 aliphatic carbocycles. The Balaban J connectivity index is 1.83. The first kappa shape index (κ1) is 12.1. The zero-order valence-electron chi connectivity index (χ0n) is 12.4. The molecule has 3 unspecified atom stereocenters. The van der Waals surface area contributed by atoms with Crippen molar-refractivity contribution in [1.82, 2.24) is 0 Å². The number of methoxy groups -OCH3 is 1. The number of benzene rings is 1. The first-order chi connectivity index (χ1) is 10.3. The van der Waals surface area contributed by atoms with E-state index in [9.17, 15) is 4.79 Å². The number of carbonyl (C=O) groups is 1. The molecule has 1 spiro atoms. The fourth-order valence-electron chi connectivity index (χ4n) is 5.82. The summed E-state index contributed by atoms with van der Waals surface area (Å²) in [6.45, 7) is 0. The van der Waals surface area contributed by atoms with Crippen LogP contribution in [0.2, 0.25) is 0 Å². The lowest BCUT2D eigenvalue weighted by atomic mass is 9.48. The molecule has 2 bridgehead atoms. The van der Waals surface area contributed by atoms with Crippen LogP contribution in [-0.2, 0) is 16.6 Å². The summed E-state index contributed by atoms with van der Waals surface area (Å²) in [7, 11) is 1.69. The minimum Gasteiger partial charge on any atom is -0.493 e. The molecule has 0 saturated heterocycles. The van der Waals surface area contributed by atoms with Crippen LogP contribution in [0.1, 0.15) is 43.2 Å². The van der Waals surface area contributed by atoms with Crippen molar-refractivity contribution < 1.29 is 14.3 Å². The van der Waals surface area contributed by atoms with E-state index in [4.69, 9.17) is 9.47 Å². The molecule has 2 saturated carbocycles. The highest BCUT2D eigenvalue weighted by molar-refractivity contribution is 5.89. The molecule has 21 heavy (non-hydrogen) atoms. The van der Waals surface area contributed by atoms with E-state index in [0.717, 1.165) is 36.7 Å². The van der Waals surface area contributed by atoms with Crippen molar-refractivity contribution in [1.29, 1.82) is 0 Å². The van der Waals surface area contributed by atoms with E-state index < -0.39 is 0 Å². The Morgan fingerprint density at radius 3 is 3.10 bits per heavy atom.